The molecule has 1 aliphatic heterocycles. The van der Waals surface area contributed by atoms with E-state index in [1.54, 1.807) is 37.4 Å². The molecule has 1 saturated heterocycles. The highest BCUT2D eigenvalue weighted by atomic mass is 35.5. The van der Waals surface area contributed by atoms with Gasteiger partial charge in [0.1, 0.15) is 11.4 Å². The molecule has 8 nitrogen and oxygen atoms in total. The van der Waals surface area contributed by atoms with E-state index in [0.29, 0.717) is 40.7 Å². The highest BCUT2D eigenvalue weighted by Crippen LogP contribution is 2.27. The maximum atomic E-state index is 13.6. The van der Waals surface area contributed by atoms with Crippen molar-refractivity contribution in [2.75, 3.05) is 20.2 Å². The first kappa shape index (κ1) is 31.4. The number of amides is 3. The second-order valence-corrected chi connectivity index (χ2v) is 11.8. The molecule has 10 heteroatoms. The largest absolute Gasteiger partial charge is 0.496 e. The van der Waals surface area contributed by atoms with Crippen LogP contribution in [0, 0.1) is 5.92 Å². The van der Waals surface area contributed by atoms with Gasteiger partial charge in [-0.05, 0) is 75.1 Å². The van der Waals surface area contributed by atoms with Gasteiger partial charge in [0.25, 0.3) is 0 Å². The van der Waals surface area contributed by atoms with Gasteiger partial charge < -0.3 is 20.1 Å². The molecule has 2 N–H and O–H groups in total. The van der Waals surface area contributed by atoms with Crippen LogP contribution in [0.4, 0.5) is 4.79 Å². The molecule has 3 rings (SSSR count). The smallest absolute Gasteiger partial charge is 0.338 e. The zero-order valence-corrected chi connectivity index (χ0v) is 25.3. The third-order valence-corrected chi connectivity index (χ3v) is 7.02. The number of hydrogen-bond acceptors (Lipinski definition) is 6. The first-order valence-corrected chi connectivity index (χ1v) is 14.2. The van der Waals surface area contributed by atoms with Gasteiger partial charge in [0, 0.05) is 11.6 Å². The standard InChI is InChI=1S/C30H38ClN3O5S/c1-6-7-8-24(19-9-11-20(12-10-19)28(36)39-30(2,3)4)33-29(37)34-18-26(40)32-17-22(27(34)35)15-21-16-23(31)13-14-25(21)38-5/h9-14,16,22,24H,6-8,15,17-18H2,1-5H3,(H,32,40)(H,33,37)/t22-,24+/m0/s1. The number of urea groups is 1. The van der Waals surface area contributed by atoms with Crippen molar-refractivity contribution in [3.63, 3.8) is 0 Å². The number of benzene rings is 2. The third kappa shape index (κ3) is 8.66. The number of nitrogens with zero attached hydrogens (tertiary/aromatic N) is 1. The average Bonchev–Trinajstić information content (AvgIpc) is 3.04. The highest BCUT2D eigenvalue weighted by Gasteiger charge is 2.34. The first-order valence-electron chi connectivity index (χ1n) is 13.5. The van der Waals surface area contributed by atoms with Gasteiger partial charge in [-0.3, -0.25) is 9.69 Å². The highest BCUT2D eigenvalue weighted by molar-refractivity contribution is 7.80. The van der Waals surface area contributed by atoms with Crippen LogP contribution in [-0.2, 0) is 16.0 Å². The molecule has 0 saturated carbocycles. The lowest BCUT2D eigenvalue weighted by atomic mass is 9.97. The van der Waals surface area contributed by atoms with E-state index in [-0.39, 0.29) is 18.5 Å². The minimum Gasteiger partial charge on any atom is -0.496 e. The fourth-order valence-corrected chi connectivity index (χ4v) is 4.88. The maximum Gasteiger partial charge on any atom is 0.338 e. The number of rotatable bonds is 9. The van der Waals surface area contributed by atoms with Crippen LogP contribution in [0.3, 0.4) is 0 Å². The summed E-state index contributed by atoms with van der Waals surface area (Å²) in [6.07, 6.45) is 2.79. The number of halogens is 1. The second kappa shape index (κ2) is 13.9. The van der Waals surface area contributed by atoms with Gasteiger partial charge in [-0.15, -0.1) is 0 Å². The SMILES string of the molecule is CCCC[C@@H](NC(=O)N1CC(=S)NC[C@H](Cc2cc(Cl)ccc2OC)C1=O)c1ccc(C(=O)OC(C)(C)C)cc1. The molecule has 0 aliphatic carbocycles. The van der Waals surface area contributed by atoms with Crippen molar-refractivity contribution < 1.29 is 23.9 Å². The van der Waals surface area contributed by atoms with Gasteiger partial charge >= 0.3 is 12.0 Å². The van der Waals surface area contributed by atoms with Crippen LogP contribution in [0.25, 0.3) is 0 Å². The molecule has 2 atom stereocenters. The Labute approximate surface area is 246 Å². The lowest BCUT2D eigenvalue weighted by Crippen LogP contribution is -2.48. The van der Waals surface area contributed by atoms with Crippen molar-refractivity contribution in [2.24, 2.45) is 5.92 Å². The van der Waals surface area contributed by atoms with E-state index in [4.69, 9.17) is 33.3 Å². The van der Waals surface area contributed by atoms with Gasteiger partial charge in [-0.1, -0.05) is 55.7 Å². The number of unbranched alkanes of at least 4 members (excludes halogenated alkanes) is 1. The molecular formula is C30H38ClN3O5S. The number of ether oxygens (including phenoxy) is 2. The Morgan fingerprint density at radius 3 is 2.52 bits per heavy atom. The molecule has 0 spiro atoms. The number of carbonyl (C=O) groups is 3. The summed E-state index contributed by atoms with van der Waals surface area (Å²) < 4.78 is 10.9. The molecule has 0 aromatic heterocycles. The molecule has 3 amide bonds. The summed E-state index contributed by atoms with van der Waals surface area (Å²) in [6.45, 7) is 7.80. The zero-order valence-electron chi connectivity index (χ0n) is 23.7. The zero-order chi connectivity index (χ0) is 29.4. The van der Waals surface area contributed by atoms with E-state index < -0.39 is 23.5 Å². The monoisotopic (exact) mass is 587 g/mol. The number of nitrogens with one attached hydrogen (secondary N) is 2. The fourth-order valence-electron chi connectivity index (χ4n) is 4.47. The van der Waals surface area contributed by atoms with Crippen molar-refractivity contribution >= 4 is 46.7 Å². The summed E-state index contributed by atoms with van der Waals surface area (Å²) in [5.74, 6) is -0.677. The predicted molar refractivity (Wildman–Crippen MR) is 160 cm³/mol. The Bertz CT molecular complexity index is 1230. The lowest BCUT2D eigenvalue weighted by Gasteiger charge is -2.26. The Morgan fingerprint density at radius 2 is 1.90 bits per heavy atom. The molecule has 216 valence electrons. The summed E-state index contributed by atoms with van der Waals surface area (Å²) >= 11 is 11.6. The molecule has 1 aliphatic rings. The van der Waals surface area contributed by atoms with Gasteiger partial charge in [0.15, 0.2) is 0 Å². The Hall–Kier alpha value is -3.17. The summed E-state index contributed by atoms with van der Waals surface area (Å²) in [5.41, 5.74) is 1.43. The summed E-state index contributed by atoms with van der Waals surface area (Å²) in [6, 6.07) is 11.4. The minimum absolute atomic E-state index is 0.0126. The van der Waals surface area contributed by atoms with Crippen molar-refractivity contribution in [3.05, 3.63) is 64.2 Å². The number of thiocarbonyl (C=S) groups is 1. The molecule has 2 aromatic carbocycles. The molecule has 2 aromatic rings. The van der Waals surface area contributed by atoms with Crippen molar-refractivity contribution in [2.45, 2.75) is 65.0 Å². The fraction of sp³-hybridized carbons (Fsp3) is 0.467. The van der Waals surface area contributed by atoms with Gasteiger partial charge in [-0.25, -0.2) is 9.59 Å². The maximum absolute atomic E-state index is 13.6. The molecule has 0 bridgehead atoms. The van der Waals surface area contributed by atoms with E-state index in [0.717, 1.165) is 24.0 Å². The number of methoxy groups -OCH3 is 1. The molecule has 0 radical (unpaired) electrons. The summed E-state index contributed by atoms with van der Waals surface area (Å²) in [5, 5.41) is 6.68. The molecule has 40 heavy (non-hydrogen) atoms. The summed E-state index contributed by atoms with van der Waals surface area (Å²) in [7, 11) is 1.56. The van der Waals surface area contributed by atoms with Crippen LogP contribution >= 0.6 is 23.8 Å². The Morgan fingerprint density at radius 1 is 1.20 bits per heavy atom. The van der Waals surface area contributed by atoms with Crippen molar-refractivity contribution in [3.8, 4) is 5.75 Å². The Kier molecular flexibility index (Phi) is 10.9. The average molecular weight is 588 g/mol. The first-order chi connectivity index (χ1) is 18.9. The van der Waals surface area contributed by atoms with Crippen molar-refractivity contribution in [1.29, 1.82) is 0 Å². The molecule has 1 heterocycles. The Balaban J connectivity index is 1.79. The van der Waals surface area contributed by atoms with Gasteiger partial charge in [0.2, 0.25) is 5.91 Å². The van der Waals surface area contributed by atoms with E-state index in [2.05, 4.69) is 17.6 Å². The van der Waals surface area contributed by atoms with E-state index in [9.17, 15) is 14.4 Å². The van der Waals surface area contributed by atoms with Crippen LogP contribution in [0.2, 0.25) is 5.02 Å². The van der Waals surface area contributed by atoms with Gasteiger partial charge in [0.05, 0.1) is 36.2 Å². The van der Waals surface area contributed by atoms with E-state index >= 15 is 0 Å². The topological polar surface area (TPSA) is 97.0 Å². The summed E-state index contributed by atoms with van der Waals surface area (Å²) in [4.78, 5) is 41.2. The normalized spacial score (nSPS) is 16.6. The second-order valence-electron chi connectivity index (χ2n) is 10.9. The van der Waals surface area contributed by atoms with E-state index in [1.165, 1.54) is 4.90 Å². The van der Waals surface area contributed by atoms with Crippen LogP contribution < -0.4 is 15.4 Å². The number of hydrogen-bond donors (Lipinski definition) is 2. The molecule has 0 unspecified atom stereocenters. The quantitative estimate of drug-likeness (QED) is 0.280. The number of esters is 1. The molecular weight excluding hydrogens is 550 g/mol. The minimum atomic E-state index is -0.599. The van der Waals surface area contributed by atoms with Crippen LogP contribution in [-0.4, -0.2) is 53.6 Å². The number of imide groups is 1. The van der Waals surface area contributed by atoms with E-state index in [1.807, 2.05) is 32.9 Å². The van der Waals surface area contributed by atoms with Crippen molar-refractivity contribution in [1.82, 2.24) is 15.5 Å². The van der Waals surface area contributed by atoms with Gasteiger partial charge in [-0.2, -0.15) is 0 Å². The van der Waals surface area contributed by atoms with Crippen LogP contribution in [0.15, 0.2) is 42.5 Å². The predicted octanol–water partition coefficient (Wildman–Crippen LogP) is 5.86. The molecule has 1 fully saturated rings. The third-order valence-electron chi connectivity index (χ3n) is 6.51. The van der Waals surface area contributed by atoms with Crippen LogP contribution in [0.1, 0.15) is 74.5 Å². The number of carbonyl (C=O) groups excluding carboxylic acids is 3. The lowest BCUT2D eigenvalue weighted by molar-refractivity contribution is -0.131. The van der Waals surface area contributed by atoms with Crippen LogP contribution in [0.5, 0.6) is 5.75 Å².